The van der Waals surface area contributed by atoms with Gasteiger partial charge in [-0.05, 0) is 58.7 Å². The van der Waals surface area contributed by atoms with Gasteiger partial charge in [-0.3, -0.25) is 4.79 Å². The highest BCUT2D eigenvalue weighted by molar-refractivity contribution is 5.78. The molecule has 16 heavy (non-hydrogen) atoms. The highest BCUT2D eigenvalue weighted by Crippen LogP contribution is 2.31. The number of likely N-dealkylation sites (tertiary alicyclic amines) is 1. The molecule has 4 nitrogen and oxygen atoms in total. The highest BCUT2D eigenvalue weighted by Gasteiger charge is 2.41. The third-order valence-electron chi connectivity index (χ3n) is 4.23. The Hall–Kier alpha value is -0.610. The maximum absolute atomic E-state index is 11.1. The molecule has 0 radical (unpaired) electrons. The molecule has 0 spiro atoms. The Morgan fingerprint density at radius 2 is 2.38 bits per heavy atom. The molecule has 0 aliphatic carbocycles. The van der Waals surface area contributed by atoms with E-state index in [4.69, 9.17) is 5.11 Å². The lowest BCUT2D eigenvalue weighted by atomic mass is 9.90. The SMILES string of the molecule is CN1CCCC1CC1CNC(C)(C(=O)O)C1. The van der Waals surface area contributed by atoms with Gasteiger partial charge >= 0.3 is 5.97 Å². The molecule has 2 rings (SSSR count). The topological polar surface area (TPSA) is 52.6 Å². The summed E-state index contributed by atoms with van der Waals surface area (Å²) in [6, 6.07) is 0.669. The molecule has 92 valence electrons. The Balaban J connectivity index is 1.87. The molecule has 0 bridgehead atoms. The molecular formula is C12H22N2O2. The van der Waals surface area contributed by atoms with E-state index < -0.39 is 11.5 Å². The molecule has 2 heterocycles. The van der Waals surface area contributed by atoms with E-state index in [1.807, 2.05) is 0 Å². The molecule has 2 aliphatic rings. The predicted molar refractivity (Wildman–Crippen MR) is 62.4 cm³/mol. The van der Waals surface area contributed by atoms with E-state index in [-0.39, 0.29) is 0 Å². The first-order valence-corrected chi connectivity index (χ1v) is 6.20. The summed E-state index contributed by atoms with van der Waals surface area (Å²) in [7, 11) is 2.18. The van der Waals surface area contributed by atoms with Crippen LogP contribution in [0.3, 0.4) is 0 Å². The van der Waals surface area contributed by atoms with Gasteiger partial charge in [0.15, 0.2) is 0 Å². The van der Waals surface area contributed by atoms with Crippen molar-refractivity contribution in [2.75, 3.05) is 20.1 Å². The zero-order chi connectivity index (χ0) is 11.8. The minimum atomic E-state index is -0.713. The Labute approximate surface area is 97.0 Å². The molecule has 2 fully saturated rings. The van der Waals surface area contributed by atoms with E-state index >= 15 is 0 Å². The second-order valence-electron chi connectivity index (χ2n) is 5.60. The van der Waals surface area contributed by atoms with Gasteiger partial charge in [0.1, 0.15) is 5.54 Å². The predicted octanol–water partition coefficient (Wildman–Crippen LogP) is 0.923. The van der Waals surface area contributed by atoms with Gasteiger partial charge in [0, 0.05) is 6.04 Å². The number of nitrogens with one attached hydrogen (secondary N) is 1. The van der Waals surface area contributed by atoms with Crippen molar-refractivity contribution >= 4 is 5.97 Å². The van der Waals surface area contributed by atoms with Crippen LogP contribution in [0.15, 0.2) is 0 Å². The molecule has 3 unspecified atom stereocenters. The third kappa shape index (κ3) is 2.23. The number of hydrogen-bond donors (Lipinski definition) is 2. The van der Waals surface area contributed by atoms with Crippen LogP contribution in [-0.2, 0) is 4.79 Å². The van der Waals surface area contributed by atoms with Crippen molar-refractivity contribution in [2.24, 2.45) is 5.92 Å². The van der Waals surface area contributed by atoms with Gasteiger partial charge < -0.3 is 15.3 Å². The summed E-state index contributed by atoms with van der Waals surface area (Å²) in [5.41, 5.74) is -0.693. The summed E-state index contributed by atoms with van der Waals surface area (Å²) in [5.74, 6) is -0.193. The average Bonchev–Trinajstić information content (AvgIpc) is 2.77. The van der Waals surface area contributed by atoms with Crippen molar-refractivity contribution < 1.29 is 9.90 Å². The van der Waals surface area contributed by atoms with Crippen LogP contribution < -0.4 is 5.32 Å². The second kappa shape index (κ2) is 4.34. The summed E-state index contributed by atoms with van der Waals surface area (Å²) in [6.45, 7) is 3.85. The number of carbonyl (C=O) groups is 1. The molecule has 2 aliphatic heterocycles. The first-order chi connectivity index (χ1) is 7.51. The quantitative estimate of drug-likeness (QED) is 0.751. The van der Waals surface area contributed by atoms with E-state index in [2.05, 4.69) is 17.3 Å². The van der Waals surface area contributed by atoms with Crippen molar-refractivity contribution in [3.05, 3.63) is 0 Å². The Morgan fingerprint density at radius 1 is 1.62 bits per heavy atom. The van der Waals surface area contributed by atoms with Crippen LogP contribution in [0.1, 0.15) is 32.6 Å². The molecule has 2 saturated heterocycles. The van der Waals surface area contributed by atoms with Gasteiger partial charge in [0.2, 0.25) is 0 Å². The number of aliphatic carboxylic acids is 1. The van der Waals surface area contributed by atoms with Crippen molar-refractivity contribution in [3.63, 3.8) is 0 Å². The lowest BCUT2D eigenvalue weighted by Crippen LogP contribution is -2.44. The highest BCUT2D eigenvalue weighted by atomic mass is 16.4. The number of rotatable bonds is 3. The average molecular weight is 226 g/mol. The first-order valence-electron chi connectivity index (χ1n) is 6.20. The maximum atomic E-state index is 11.1. The largest absolute Gasteiger partial charge is 0.480 e. The first kappa shape index (κ1) is 11.9. The van der Waals surface area contributed by atoms with Crippen molar-refractivity contribution in [1.82, 2.24) is 10.2 Å². The lowest BCUT2D eigenvalue weighted by Gasteiger charge is -2.23. The fraction of sp³-hybridized carbons (Fsp3) is 0.917. The molecule has 0 saturated carbocycles. The summed E-state index contributed by atoms with van der Waals surface area (Å²) < 4.78 is 0. The molecule has 0 aromatic carbocycles. The Kier molecular flexibility index (Phi) is 3.22. The summed E-state index contributed by atoms with van der Waals surface area (Å²) in [4.78, 5) is 13.5. The molecule has 4 heteroatoms. The van der Waals surface area contributed by atoms with Crippen LogP contribution in [0.5, 0.6) is 0 Å². The molecule has 0 amide bonds. The van der Waals surface area contributed by atoms with E-state index in [1.54, 1.807) is 6.92 Å². The normalized spacial score (nSPS) is 40.4. The van der Waals surface area contributed by atoms with Gasteiger partial charge in [-0.2, -0.15) is 0 Å². The molecule has 0 aromatic rings. The molecule has 3 atom stereocenters. The number of nitrogens with zero attached hydrogens (tertiary/aromatic N) is 1. The van der Waals surface area contributed by atoms with Crippen LogP contribution in [-0.4, -0.2) is 47.7 Å². The number of hydrogen-bond acceptors (Lipinski definition) is 3. The Morgan fingerprint density at radius 3 is 2.88 bits per heavy atom. The molecular weight excluding hydrogens is 204 g/mol. The summed E-state index contributed by atoms with van der Waals surface area (Å²) in [5, 5.41) is 12.3. The van der Waals surface area contributed by atoms with Crippen LogP contribution in [0.2, 0.25) is 0 Å². The van der Waals surface area contributed by atoms with Gasteiger partial charge in [0.25, 0.3) is 0 Å². The van der Waals surface area contributed by atoms with Crippen LogP contribution in [0, 0.1) is 5.92 Å². The van der Waals surface area contributed by atoms with Crippen LogP contribution in [0.4, 0.5) is 0 Å². The summed E-state index contributed by atoms with van der Waals surface area (Å²) in [6.07, 6.45) is 4.48. The second-order valence-corrected chi connectivity index (χ2v) is 5.60. The van der Waals surface area contributed by atoms with E-state index in [9.17, 15) is 4.79 Å². The monoisotopic (exact) mass is 226 g/mol. The van der Waals surface area contributed by atoms with E-state index in [0.29, 0.717) is 12.0 Å². The number of carboxylic acid groups (broad SMARTS) is 1. The zero-order valence-electron chi connectivity index (χ0n) is 10.2. The standard InChI is InChI=1S/C12H22N2O2/c1-12(11(15)16)7-9(8-13-12)6-10-4-3-5-14(10)2/h9-10,13H,3-8H2,1-2H3,(H,15,16). The fourth-order valence-corrected chi connectivity index (χ4v) is 3.08. The zero-order valence-corrected chi connectivity index (χ0v) is 10.2. The number of carboxylic acids is 1. The minimum absolute atomic E-state index is 0.520. The lowest BCUT2D eigenvalue weighted by molar-refractivity contribution is -0.143. The third-order valence-corrected chi connectivity index (χ3v) is 4.23. The molecule has 2 N–H and O–H groups in total. The molecule has 0 aromatic heterocycles. The van der Waals surface area contributed by atoms with Crippen molar-refractivity contribution in [3.8, 4) is 0 Å². The van der Waals surface area contributed by atoms with Gasteiger partial charge in [-0.1, -0.05) is 0 Å². The summed E-state index contributed by atoms with van der Waals surface area (Å²) >= 11 is 0. The van der Waals surface area contributed by atoms with E-state index in [0.717, 1.165) is 19.4 Å². The smallest absolute Gasteiger partial charge is 0.323 e. The van der Waals surface area contributed by atoms with Crippen molar-refractivity contribution in [1.29, 1.82) is 0 Å². The van der Waals surface area contributed by atoms with Crippen LogP contribution in [0.25, 0.3) is 0 Å². The minimum Gasteiger partial charge on any atom is -0.480 e. The van der Waals surface area contributed by atoms with E-state index in [1.165, 1.54) is 19.4 Å². The fourth-order valence-electron chi connectivity index (χ4n) is 3.08. The Bertz CT molecular complexity index is 282. The van der Waals surface area contributed by atoms with Crippen molar-refractivity contribution in [2.45, 2.75) is 44.2 Å². The maximum Gasteiger partial charge on any atom is 0.323 e. The van der Waals surface area contributed by atoms with Gasteiger partial charge in [-0.15, -0.1) is 0 Å². The van der Waals surface area contributed by atoms with Crippen LogP contribution >= 0.6 is 0 Å². The van der Waals surface area contributed by atoms with Gasteiger partial charge in [0.05, 0.1) is 0 Å². The van der Waals surface area contributed by atoms with Gasteiger partial charge in [-0.25, -0.2) is 0 Å².